The predicted octanol–water partition coefficient (Wildman–Crippen LogP) is 3.73. The van der Waals surface area contributed by atoms with Crippen molar-refractivity contribution in [3.05, 3.63) is 69.8 Å². The van der Waals surface area contributed by atoms with E-state index in [4.69, 9.17) is 15.2 Å². The molecule has 1 aliphatic heterocycles. The van der Waals surface area contributed by atoms with E-state index in [-0.39, 0.29) is 28.2 Å². The number of aromatic amines is 2. The molecule has 4 heterocycles. The van der Waals surface area contributed by atoms with E-state index < -0.39 is 70.4 Å². The minimum absolute atomic E-state index is 0.0124. The topological polar surface area (TPSA) is 170 Å². The summed E-state index contributed by atoms with van der Waals surface area (Å²) in [4.78, 5) is 49.8. The van der Waals surface area contributed by atoms with Gasteiger partial charge in [-0.1, -0.05) is 13.0 Å². The van der Waals surface area contributed by atoms with Crippen molar-refractivity contribution in [2.75, 3.05) is 12.4 Å². The first kappa shape index (κ1) is 28.7. The number of H-pyrrole nitrogens is 2. The Hall–Kier alpha value is -4.80. The molecule has 1 saturated heterocycles. The fourth-order valence-electron chi connectivity index (χ4n) is 5.10. The molecule has 1 fully saturated rings. The van der Waals surface area contributed by atoms with Crippen molar-refractivity contribution in [1.29, 1.82) is 0 Å². The maximum absolute atomic E-state index is 14.7. The van der Waals surface area contributed by atoms with Gasteiger partial charge in [0.25, 0.3) is 5.91 Å². The Morgan fingerprint density at radius 3 is 2.55 bits per heavy atom. The number of primary amides is 1. The number of nitrogens with one attached hydrogen (secondary N) is 3. The number of carbonyl (C=O) groups excluding carboxylic acids is 2. The van der Waals surface area contributed by atoms with E-state index in [1.807, 2.05) is 0 Å². The van der Waals surface area contributed by atoms with E-state index in [0.29, 0.717) is 4.57 Å². The fraction of sp³-hybridized carbons (Fsp3) is 0.320. The molecule has 0 bridgehead atoms. The number of fused-ring (bicyclic) bond motifs is 1. The molecule has 3 aromatic heterocycles. The number of pyridine rings is 1. The van der Waals surface area contributed by atoms with Crippen LogP contribution in [0.1, 0.15) is 47.7 Å². The van der Waals surface area contributed by atoms with Gasteiger partial charge in [-0.3, -0.25) is 10.1 Å². The molecule has 4 atom stereocenters. The number of methoxy groups -OCH3 is 1. The average Bonchev–Trinajstić information content (AvgIpc) is 3.61. The van der Waals surface area contributed by atoms with Crippen LogP contribution >= 0.6 is 0 Å². The first-order chi connectivity index (χ1) is 19.7. The van der Waals surface area contributed by atoms with Gasteiger partial charge in [-0.05, 0) is 13.0 Å². The van der Waals surface area contributed by atoms with E-state index in [1.54, 1.807) is 0 Å². The van der Waals surface area contributed by atoms with Crippen LogP contribution in [-0.4, -0.2) is 55.3 Å². The van der Waals surface area contributed by atoms with Crippen LogP contribution in [-0.2, 0) is 4.74 Å². The summed E-state index contributed by atoms with van der Waals surface area (Å²) in [6.07, 6.45) is -4.09. The predicted molar refractivity (Wildman–Crippen MR) is 135 cm³/mol. The molecule has 0 radical (unpaired) electrons. The van der Waals surface area contributed by atoms with Gasteiger partial charge in [0.2, 0.25) is 5.82 Å². The number of anilines is 1. The number of rotatable bonds is 5. The third-order valence-corrected chi connectivity index (χ3v) is 7.41. The van der Waals surface area contributed by atoms with Crippen LogP contribution in [0.5, 0.6) is 5.75 Å². The summed E-state index contributed by atoms with van der Waals surface area (Å²) in [5.74, 6) is -7.49. The Kier molecular flexibility index (Phi) is 6.79. The molecular weight excluding hydrogens is 573 g/mol. The molecule has 0 aliphatic carbocycles. The van der Waals surface area contributed by atoms with Gasteiger partial charge in [0.15, 0.2) is 22.9 Å². The molecule has 0 saturated carbocycles. The SMILES string of the molecule is COc1c([C@H]2[C@H](c3nc4c(C(N)=O)nc(NC(=O)n5cc[nH]c5=O)cc4[nH]3)O[C@@](C)(C(F)(F)F)[C@H]2C)ccc(F)c1F. The Bertz CT molecular complexity index is 1780. The van der Waals surface area contributed by atoms with E-state index in [2.05, 4.69) is 25.3 Å². The number of halogens is 5. The highest BCUT2D eigenvalue weighted by molar-refractivity contribution is 6.04. The van der Waals surface area contributed by atoms with Gasteiger partial charge in [-0.2, -0.15) is 17.6 Å². The lowest BCUT2D eigenvalue weighted by atomic mass is 9.77. The second kappa shape index (κ2) is 9.93. The van der Waals surface area contributed by atoms with E-state index in [9.17, 15) is 36.3 Å². The smallest absolute Gasteiger partial charge is 0.417 e. The summed E-state index contributed by atoms with van der Waals surface area (Å²) in [5.41, 5.74) is 1.21. The molecule has 222 valence electrons. The largest absolute Gasteiger partial charge is 0.493 e. The van der Waals surface area contributed by atoms with Gasteiger partial charge < -0.3 is 25.2 Å². The molecule has 5 rings (SSSR count). The normalized spacial score (nSPS) is 22.4. The van der Waals surface area contributed by atoms with Crippen LogP contribution in [0.15, 0.2) is 35.4 Å². The maximum atomic E-state index is 14.7. The molecule has 2 amide bonds. The van der Waals surface area contributed by atoms with Crippen LogP contribution in [0, 0.1) is 17.6 Å². The average molecular weight is 595 g/mol. The molecule has 4 aromatic rings. The van der Waals surface area contributed by atoms with Gasteiger partial charge in [-0.15, -0.1) is 0 Å². The highest BCUT2D eigenvalue weighted by Crippen LogP contribution is 2.59. The highest BCUT2D eigenvalue weighted by atomic mass is 19.4. The molecule has 1 aromatic carbocycles. The van der Waals surface area contributed by atoms with Crippen LogP contribution in [0.3, 0.4) is 0 Å². The first-order valence-electron chi connectivity index (χ1n) is 12.2. The van der Waals surface area contributed by atoms with Crippen LogP contribution < -0.4 is 21.5 Å². The van der Waals surface area contributed by atoms with Crippen molar-refractivity contribution in [2.24, 2.45) is 11.7 Å². The number of amides is 2. The first-order valence-corrected chi connectivity index (χ1v) is 12.2. The van der Waals surface area contributed by atoms with Gasteiger partial charge in [0, 0.05) is 35.9 Å². The lowest BCUT2D eigenvalue weighted by Crippen LogP contribution is -2.46. The van der Waals surface area contributed by atoms with Crippen LogP contribution in [0.2, 0.25) is 0 Å². The number of ether oxygens (including phenoxy) is 2. The number of aromatic nitrogens is 5. The zero-order valence-electron chi connectivity index (χ0n) is 22.0. The molecule has 12 nitrogen and oxygen atoms in total. The van der Waals surface area contributed by atoms with Crippen LogP contribution in [0.25, 0.3) is 11.0 Å². The van der Waals surface area contributed by atoms with E-state index in [1.165, 1.54) is 19.2 Å². The number of alkyl halides is 3. The standard InChI is InChI=1S/C25H22F5N7O5/c1-9-14(10-4-5-11(26)15(27)18(10)41-3)19(42-24(9,2)25(28,29)30)21-33-12-8-13(34-17(20(31)38)16(12)36-21)35-23(40)37-7-6-32-22(37)39/h4-9,14,19H,1-3H3,(H2,31,38)(H,32,39)(H,33,36)(H,34,35,40)/t9-,14-,19+,24+/m0/s1. The Labute approximate surface area is 232 Å². The summed E-state index contributed by atoms with van der Waals surface area (Å²) in [6, 6.07) is 2.14. The zero-order chi connectivity index (χ0) is 30.7. The van der Waals surface area contributed by atoms with Crippen LogP contribution in [0.4, 0.5) is 32.6 Å². The Morgan fingerprint density at radius 2 is 1.95 bits per heavy atom. The lowest BCUT2D eigenvalue weighted by molar-refractivity contribution is -0.275. The van der Waals surface area contributed by atoms with Crippen molar-refractivity contribution in [2.45, 2.75) is 37.6 Å². The molecule has 0 spiro atoms. The Morgan fingerprint density at radius 1 is 1.24 bits per heavy atom. The highest BCUT2D eigenvalue weighted by Gasteiger charge is 2.65. The van der Waals surface area contributed by atoms with Crippen molar-refractivity contribution < 1.29 is 41.0 Å². The molecule has 5 N–H and O–H groups in total. The number of imidazole rings is 2. The maximum Gasteiger partial charge on any atom is 0.417 e. The minimum Gasteiger partial charge on any atom is -0.493 e. The molecular formula is C25H22F5N7O5. The van der Waals surface area contributed by atoms with Crippen molar-refractivity contribution in [3.8, 4) is 5.75 Å². The number of nitrogens with two attached hydrogens (primary N) is 1. The van der Waals surface area contributed by atoms with Crippen molar-refractivity contribution in [1.82, 2.24) is 24.5 Å². The zero-order valence-corrected chi connectivity index (χ0v) is 22.0. The molecule has 42 heavy (non-hydrogen) atoms. The summed E-state index contributed by atoms with van der Waals surface area (Å²) >= 11 is 0. The number of benzene rings is 1. The van der Waals surface area contributed by atoms with Gasteiger partial charge in [0.1, 0.15) is 23.3 Å². The Balaban J connectivity index is 1.65. The van der Waals surface area contributed by atoms with Crippen molar-refractivity contribution >= 4 is 28.8 Å². The number of hydrogen-bond donors (Lipinski definition) is 4. The second-order valence-electron chi connectivity index (χ2n) is 9.75. The van der Waals surface area contributed by atoms with Crippen molar-refractivity contribution in [3.63, 3.8) is 0 Å². The second-order valence-corrected chi connectivity index (χ2v) is 9.75. The molecule has 17 heteroatoms. The monoisotopic (exact) mass is 595 g/mol. The molecule has 1 aliphatic rings. The fourth-order valence-corrected chi connectivity index (χ4v) is 5.10. The van der Waals surface area contributed by atoms with E-state index >= 15 is 0 Å². The van der Waals surface area contributed by atoms with Gasteiger partial charge in [-0.25, -0.2) is 28.5 Å². The third-order valence-electron chi connectivity index (χ3n) is 7.41. The third kappa shape index (κ3) is 4.45. The lowest BCUT2D eigenvalue weighted by Gasteiger charge is -2.32. The van der Waals surface area contributed by atoms with E-state index in [0.717, 1.165) is 32.4 Å². The van der Waals surface area contributed by atoms with Gasteiger partial charge >= 0.3 is 17.9 Å². The molecule has 0 unspecified atom stereocenters. The summed E-state index contributed by atoms with van der Waals surface area (Å²) < 4.78 is 83.0. The van der Waals surface area contributed by atoms with Gasteiger partial charge in [0.05, 0.1) is 12.6 Å². The summed E-state index contributed by atoms with van der Waals surface area (Å²) in [6.45, 7) is 2.07. The summed E-state index contributed by atoms with van der Waals surface area (Å²) in [5, 5.41) is 2.32. The quantitative estimate of drug-likeness (QED) is 0.255. The number of hydrogen-bond acceptors (Lipinski definition) is 7. The number of nitrogens with zero attached hydrogens (tertiary/aromatic N) is 3. The summed E-state index contributed by atoms with van der Waals surface area (Å²) in [7, 11) is 1.04. The number of carbonyl (C=O) groups is 2. The minimum atomic E-state index is -4.90.